The van der Waals surface area contributed by atoms with Crippen LogP contribution in [0.2, 0.25) is 5.02 Å². The lowest BCUT2D eigenvalue weighted by molar-refractivity contribution is 0.142. The van der Waals surface area contributed by atoms with Crippen molar-refractivity contribution in [2.24, 2.45) is 5.73 Å². The number of aliphatic hydroxyl groups excluding tert-OH is 1. The van der Waals surface area contributed by atoms with Gasteiger partial charge in [0.25, 0.3) is 0 Å². The summed E-state index contributed by atoms with van der Waals surface area (Å²) in [5, 5.41) is 10.8. The molecule has 0 radical (unpaired) electrons. The van der Waals surface area contributed by atoms with E-state index in [1.165, 1.54) is 12.1 Å². The van der Waals surface area contributed by atoms with Crippen LogP contribution >= 0.6 is 11.6 Å². The van der Waals surface area contributed by atoms with Crippen LogP contribution in [0.3, 0.4) is 0 Å². The Bertz CT molecular complexity index is 589. The standard InChI is InChI=1S/C15H14ClF2NO/c16-10-6-4-9(5-7-10)12(8-19)15(20)11-2-1-3-13(17)14(11)18/h1-7,12,15,20H,8,19H2. The smallest absolute Gasteiger partial charge is 0.164 e. The van der Waals surface area contributed by atoms with E-state index < -0.39 is 23.7 Å². The summed E-state index contributed by atoms with van der Waals surface area (Å²) in [4.78, 5) is 0. The average molecular weight is 298 g/mol. The summed E-state index contributed by atoms with van der Waals surface area (Å²) < 4.78 is 27.0. The molecule has 0 fully saturated rings. The second-order valence-electron chi connectivity index (χ2n) is 4.48. The zero-order valence-electron chi connectivity index (χ0n) is 10.6. The van der Waals surface area contributed by atoms with E-state index in [0.717, 1.165) is 6.07 Å². The van der Waals surface area contributed by atoms with Crippen LogP contribution in [-0.2, 0) is 0 Å². The number of aliphatic hydroxyl groups is 1. The Morgan fingerprint density at radius 1 is 1.10 bits per heavy atom. The maximum absolute atomic E-state index is 13.7. The first-order chi connectivity index (χ1) is 9.54. The van der Waals surface area contributed by atoms with Crippen LogP contribution in [0.25, 0.3) is 0 Å². The van der Waals surface area contributed by atoms with Gasteiger partial charge < -0.3 is 10.8 Å². The first kappa shape index (κ1) is 14.9. The molecule has 0 aliphatic rings. The quantitative estimate of drug-likeness (QED) is 0.908. The van der Waals surface area contributed by atoms with E-state index in [-0.39, 0.29) is 12.1 Å². The summed E-state index contributed by atoms with van der Waals surface area (Å²) in [6.45, 7) is 0.0960. The molecule has 0 aliphatic heterocycles. The molecule has 2 aromatic carbocycles. The number of nitrogens with two attached hydrogens (primary N) is 1. The second-order valence-corrected chi connectivity index (χ2v) is 4.92. The van der Waals surface area contributed by atoms with E-state index in [4.69, 9.17) is 17.3 Å². The Morgan fingerprint density at radius 3 is 2.35 bits per heavy atom. The van der Waals surface area contributed by atoms with Gasteiger partial charge in [-0.15, -0.1) is 0 Å². The topological polar surface area (TPSA) is 46.2 Å². The molecular weight excluding hydrogens is 284 g/mol. The summed E-state index contributed by atoms with van der Waals surface area (Å²) in [5.41, 5.74) is 6.27. The molecule has 5 heteroatoms. The van der Waals surface area contributed by atoms with Crippen molar-refractivity contribution in [3.8, 4) is 0 Å². The van der Waals surface area contributed by atoms with E-state index in [0.29, 0.717) is 10.6 Å². The van der Waals surface area contributed by atoms with Gasteiger partial charge in [0, 0.05) is 23.0 Å². The van der Waals surface area contributed by atoms with Gasteiger partial charge in [0.15, 0.2) is 11.6 Å². The van der Waals surface area contributed by atoms with Crippen LogP contribution in [-0.4, -0.2) is 11.7 Å². The van der Waals surface area contributed by atoms with Crippen LogP contribution in [0.1, 0.15) is 23.1 Å². The van der Waals surface area contributed by atoms with Gasteiger partial charge in [-0.05, 0) is 23.8 Å². The minimum atomic E-state index is -1.23. The summed E-state index contributed by atoms with van der Waals surface area (Å²) >= 11 is 5.80. The number of benzene rings is 2. The number of hydrogen-bond donors (Lipinski definition) is 2. The molecule has 2 nitrogen and oxygen atoms in total. The highest BCUT2D eigenvalue weighted by atomic mass is 35.5. The number of rotatable bonds is 4. The predicted molar refractivity (Wildman–Crippen MR) is 74.6 cm³/mol. The Kier molecular flexibility index (Phi) is 4.70. The lowest BCUT2D eigenvalue weighted by Crippen LogP contribution is -2.21. The molecule has 2 unspecified atom stereocenters. The third-order valence-corrected chi connectivity index (χ3v) is 3.49. The predicted octanol–water partition coefficient (Wildman–Crippen LogP) is 3.39. The fraction of sp³-hybridized carbons (Fsp3) is 0.200. The molecule has 0 bridgehead atoms. The third kappa shape index (κ3) is 2.98. The van der Waals surface area contributed by atoms with Gasteiger partial charge in [-0.3, -0.25) is 0 Å². The minimum Gasteiger partial charge on any atom is -0.388 e. The van der Waals surface area contributed by atoms with Gasteiger partial charge in [0.1, 0.15) is 0 Å². The van der Waals surface area contributed by atoms with Crippen molar-refractivity contribution in [3.05, 3.63) is 70.2 Å². The molecule has 3 N–H and O–H groups in total. The van der Waals surface area contributed by atoms with Crippen molar-refractivity contribution < 1.29 is 13.9 Å². The van der Waals surface area contributed by atoms with Gasteiger partial charge >= 0.3 is 0 Å². The fourth-order valence-electron chi connectivity index (χ4n) is 2.12. The Hall–Kier alpha value is -1.49. The van der Waals surface area contributed by atoms with Crippen LogP contribution < -0.4 is 5.73 Å². The summed E-state index contributed by atoms with van der Waals surface area (Å²) in [6.07, 6.45) is -1.23. The molecule has 0 saturated carbocycles. The van der Waals surface area contributed by atoms with E-state index in [1.807, 2.05) is 0 Å². The summed E-state index contributed by atoms with van der Waals surface area (Å²) in [6, 6.07) is 10.4. The highest BCUT2D eigenvalue weighted by Gasteiger charge is 2.25. The summed E-state index contributed by atoms with van der Waals surface area (Å²) in [5.74, 6) is -2.58. The molecular formula is C15H14ClF2NO. The highest BCUT2D eigenvalue weighted by molar-refractivity contribution is 6.30. The zero-order valence-corrected chi connectivity index (χ0v) is 11.3. The van der Waals surface area contributed by atoms with Crippen molar-refractivity contribution in [1.82, 2.24) is 0 Å². The number of hydrogen-bond acceptors (Lipinski definition) is 2. The van der Waals surface area contributed by atoms with E-state index in [1.54, 1.807) is 24.3 Å². The fourth-order valence-corrected chi connectivity index (χ4v) is 2.25. The highest BCUT2D eigenvalue weighted by Crippen LogP contribution is 2.32. The summed E-state index contributed by atoms with van der Waals surface area (Å²) in [7, 11) is 0. The van der Waals surface area contributed by atoms with Crippen LogP contribution in [0.5, 0.6) is 0 Å². The second kappa shape index (κ2) is 6.31. The maximum Gasteiger partial charge on any atom is 0.164 e. The molecule has 0 aromatic heterocycles. The molecule has 0 amide bonds. The molecule has 20 heavy (non-hydrogen) atoms. The van der Waals surface area contributed by atoms with Gasteiger partial charge in [-0.2, -0.15) is 0 Å². The van der Waals surface area contributed by atoms with Crippen molar-refractivity contribution in [1.29, 1.82) is 0 Å². The zero-order chi connectivity index (χ0) is 14.7. The molecule has 2 atom stereocenters. The van der Waals surface area contributed by atoms with Crippen LogP contribution in [0, 0.1) is 11.6 Å². The molecule has 0 spiro atoms. The Morgan fingerprint density at radius 2 is 1.75 bits per heavy atom. The molecule has 0 heterocycles. The van der Waals surface area contributed by atoms with E-state index in [9.17, 15) is 13.9 Å². The molecule has 2 rings (SSSR count). The molecule has 0 saturated heterocycles. The minimum absolute atomic E-state index is 0.0960. The monoisotopic (exact) mass is 297 g/mol. The SMILES string of the molecule is NCC(c1ccc(Cl)cc1)C(O)c1cccc(F)c1F. The average Bonchev–Trinajstić information content (AvgIpc) is 2.44. The molecule has 2 aromatic rings. The first-order valence-corrected chi connectivity index (χ1v) is 6.50. The normalized spacial score (nSPS) is 14.1. The largest absolute Gasteiger partial charge is 0.388 e. The van der Waals surface area contributed by atoms with Crippen molar-refractivity contribution in [2.45, 2.75) is 12.0 Å². The lowest BCUT2D eigenvalue weighted by Gasteiger charge is -2.22. The molecule has 0 aliphatic carbocycles. The van der Waals surface area contributed by atoms with Crippen molar-refractivity contribution >= 4 is 11.6 Å². The Balaban J connectivity index is 2.36. The van der Waals surface area contributed by atoms with Gasteiger partial charge in [0.05, 0.1) is 6.10 Å². The van der Waals surface area contributed by atoms with Crippen molar-refractivity contribution in [3.63, 3.8) is 0 Å². The molecule has 106 valence electrons. The van der Waals surface area contributed by atoms with E-state index >= 15 is 0 Å². The first-order valence-electron chi connectivity index (χ1n) is 6.12. The number of halogens is 3. The van der Waals surface area contributed by atoms with Gasteiger partial charge in [0.2, 0.25) is 0 Å². The van der Waals surface area contributed by atoms with Crippen LogP contribution in [0.4, 0.5) is 8.78 Å². The lowest BCUT2D eigenvalue weighted by atomic mass is 9.89. The van der Waals surface area contributed by atoms with Gasteiger partial charge in [-0.25, -0.2) is 8.78 Å². The van der Waals surface area contributed by atoms with E-state index in [2.05, 4.69) is 0 Å². The third-order valence-electron chi connectivity index (χ3n) is 3.23. The maximum atomic E-state index is 13.7. The van der Waals surface area contributed by atoms with Crippen LogP contribution in [0.15, 0.2) is 42.5 Å². The van der Waals surface area contributed by atoms with Gasteiger partial charge in [-0.1, -0.05) is 35.9 Å². The Labute approximate surface area is 120 Å². The van der Waals surface area contributed by atoms with Crippen molar-refractivity contribution in [2.75, 3.05) is 6.54 Å².